The van der Waals surface area contributed by atoms with Gasteiger partial charge in [0.05, 0.1) is 6.61 Å². The number of Topliss-reactive ketones (excluding diaryl/α,β-unsaturated/α-hetero) is 1. The molecule has 96 valence electrons. The van der Waals surface area contributed by atoms with E-state index in [-0.39, 0.29) is 11.7 Å². The topological polar surface area (TPSA) is 26.3 Å². The minimum Gasteiger partial charge on any atom is -0.493 e. The second kappa shape index (κ2) is 4.88. The Kier molecular flexibility index (Phi) is 3.08. The Balaban J connectivity index is 1.95. The molecule has 1 heterocycles. The van der Waals surface area contributed by atoms with Crippen molar-refractivity contribution in [2.75, 3.05) is 6.61 Å². The Morgan fingerprint density at radius 2 is 1.95 bits per heavy atom. The maximum atomic E-state index is 11.7. The predicted octanol–water partition coefficient (Wildman–Crippen LogP) is 3.61. The van der Waals surface area contributed by atoms with Gasteiger partial charge in [0, 0.05) is 17.0 Å². The molecule has 0 bridgehead atoms. The van der Waals surface area contributed by atoms with Crippen LogP contribution < -0.4 is 4.74 Å². The summed E-state index contributed by atoms with van der Waals surface area (Å²) in [5, 5.41) is 0. The van der Waals surface area contributed by atoms with E-state index in [1.54, 1.807) is 6.92 Å². The molecule has 0 fully saturated rings. The summed E-state index contributed by atoms with van der Waals surface area (Å²) in [5.41, 5.74) is 3.16. The summed E-state index contributed by atoms with van der Waals surface area (Å²) in [6.45, 7) is 2.28. The third kappa shape index (κ3) is 2.26. The minimum absolute atomic E-state index is 0.111. The molecule has 2 aromatic rings. The second-order valence-corrected chi connectivity index (χ2v) is 4.97. The quantitative estimate of drug-likeness (QED) is 0.780. The van der Waals surface area contributed by atoms with Gasteiger partial charge in [0.25, 0.3) is 0 Å². The molecule has 3 rings (SSSR count). The predicted molar refractivity (Wildman–Crippen MR) is 74.8 cm³/mol. The van der Waals surface area contributed by atoms with Crippen LogP contribution in [-0.4, -0.2) is 12.4 Å². The molecular formula is C17H16O2. The summed E-state index contributed by atoms with van der Waals surface area (Å²) < 4.78 is 5.72. The van der Waals surface area contributed by atoms with Gasteiger partial charge in [0.15, 0.2) is 5.78 Å². The molecule has 0 N–H and O–H groups in total. The molecule has 1 aliphatic heterocycles. The Morgan fingerprint density at radius 1 is 1.16 bits per heavy atom. The van der Waals surface area contributed by atoms with Gasteiger partial charge in [-0.25, -0.2) is 0 Å². The molecule has 2 nitrogen and oxygen atoms in total. The van der Waals surface area contributed by atoms with Gasteiger partial charge >= 0.3 is 0 Å². The van der Waals surface area contributed by atoms with E-state index in [2.05, 4.69) is 12.1 Å². The Hall–Kier alpha value is -2.09. The number of hydrogen-bond acceptors (Lipinski definition) is 2. The van der Waals surface area contributed by atoms with E-state index >= 15 is 0 Å². The molecule has 19 heavy (non-hydrogen) atoms. The molecule has 0 aliphatic carbocycles. The first-order chi connectivity index (χ1) is 9.25. The largest absolute Gasteiger partial charge is 0.493 e. The van der Waals surface area contributed by atoms with Crippen molar-refractivity contribution in [3.8, 4) is 5.75 Å². The smallest absolute Gasteiger partial charge is 0.160 e. The molecular weight excluding hydrogens is 236 g/mol. The first-order valence-corrected chi connectivity index (χ1v) is 6.56. The van der Waals surface area contributed by atoms with Crippen molar-refractivity contribution < 1.29 is 9.53 Å². The number of ether oxygens (including phenoxy) is 1. The molecule has 2 heteroatoms. The van der Waals surface area contributed by atoms with E-state index in [9.17, 15) is 4.79 Å². The summed E-state index contributed by atoms with van der Waals surface area (Å²) in [7, 11) is 0. The molecule has 0 radical (unpaired) electrons. The van der Waals surface area contributed by atoms with Gasteiger partial charge in [0.1, 0.15) is 5.75 Å². The zero-order valence-electron chi connectivity index (χ0n) is 10.9. The highest BCUT2D eigenvalue weighted by Gasteiger charge is 2.28. The van der Waals surface area contributed by atoms with Crippen LogP contribution in [0.4, 0.5) is 0 Å². The summed E-state index contributed by atoms with van der Waals surface area (Å²) >= 11 is 0. The van der Waals surface area contributed by atoms with Crippen LogP contribution in [0.1, 0.15) is 34.3 Å². The number of rotatable bonds is 3. The van der Waals surface area contributed by atoms with Crippen molar-refractivity contribution in [1.82, 2.24) is 0 Å². The van der Waals surface area contributed by atoms with Crippen molar-refractivity contribution in [1.29, 1.82) is 0 Å². The van der Waals surface area contributed by atoms with Gasteiger partial charge in [-0.05, 0) is 25.0 Å². The monoisotopic (exact) mass is 252 g/mol. The third-order valence-corrected chi connectivity index (χ3v) is 3.62. The van der Waals surface area contributed by atoms with Crippen LogP contribution in [0.2, 0.25) is 0 Å². The van der Waals surface area contributed by atoms with Crippen molar-refractivity contribution in [2.24, 2.45) is 0 Å². The fourth-order valence-electron chi connectivity index (χ4n) is 2.73. The molecule has 1 atom stereocenters. The van der Waals surface area contributed by atoms with Crippen LogP contribution >= 0.6 is 0 Å². The lowest BCUT2D eigenvalue weighted by atomic mass is 9.89. The molecule has 0 amide bonds. The van der Waals surface area contributed by atoms with Gasteiger partial charge in [-0.2, -0.15) is 0 Å². The van der Waals surface area contributed by atoms with Crippen LogP contribution in [0.3, 0.4) is 0 Å². The molecule has 0 unspecified atom stereocenters. The van der Waals surface area contributed by atoms with Crippen LogP contribution in [-0.2, 0) is 6.42 Å². The lowest BCUT2D eigenvalue weighted by Gasteiger charge is -2.11. The van der Waals surface area contributed by atoms with E-state index < -0.39 is 0 Å². The van der Waals surface area contributed by atoms with E-state index in [1.807, 2.05) is 36.4 Å². The number of benzene rings is 2. The molecule has 1 aliphatic rings. The maximum Gasteiger partial charge on any atom is 0.160 e. The van der Waals surface area contributed by atoms with E-state index in [0.717, 1.165) is 23.3 Å². The summed E-state index contributed by atoms with van der Waals surface area (Å²) in [5.74, 6) is 1.26. The Labute approximate surface area is 113 Å². The molecule has 0 saturated carbocycles. The third-order valence-electron chi connectivity index (χ3n) is 3.62. The van der Waals surface area contributed by atoms with Gasteiger partial charge in [-0.15, -0.1) is 0 Å². The van der Waals surface area contributed by atoms with Crippen molar-refractivity contribution in [3.05, 3.63) is 65.2 Å². The lowest BCUT2D eigenvalue weighted by Crippen LogP contribution is -2.07. The van der Waals surface area contributed by atoms with Crippen LogP contribution in [0.15, 0.2) is 48.5 Å². The number of carbonyl (C=O) groups excluding carboxylic acids is 1. The highest BCUT2D eigenvalue weighted by Crippen LogP contribution is 2.38. The Bertz CT molecular complexity index is 602. The second-order valence-electron chi connectivity index (χ2n) is 4.97. The molecule has 0 aromatic heterocycles. The van der Waals surface area contributed by atoms with E-state index in [0.29, 0.717) is 6.61 Å². The zero-order valence-corrected chi connectivity index (χ0v) is 10.9. The number of hydrogen-bond donors (Lipinski definition) is 0. The van der Waals surface area contributed by atoms with Gasteiger partial charge < -0.3 is 4.74 Å². The Morgan fingerprint density at radius 3 is 2.68 bits per heavy atom. The van der Waals surface area contributed by atoms with Crippen molar-refractivity contribution in [2.45, 2.75) is 19.3 Å². The van der Waals surface area contributed by atoms with Gasteiger partial charge in [-0.1, -0.05) is 42.5 Å². The normalized spacial score (nSPS) is 16.8. The van der Waals surface area contributed by atoms with E-state index in [4.69, 9.17) is 4.74 Å². The van der Waals surface area contributed by atoms with Gasteiger partial charge in [-0.3, -0.25) is 4.79 Å². The van der Waals surface area contributed by atoms with Crippen molar-refractivity contribution in [3.63, 3.8) is 0 Å². The van der Waals surface area contributed by atoms with Crippen molar-refractivity contribution >= 4 is 5.78 Å². The fraction of sp³-hybridized carbons (Fsp3) is 0.235. The number of ketones is 1. The first-order valence-electron chi connectivity index (χ1n) is 6.56. The highest BCUT2D eigenvalue weighted by molar-refractivity contribution is 5.96. The van der Waals surface area contributed by atoms with Gasteiger partial charge in [0.2, 0.25) is 0 Å². The average Bonchev–Trinajstić information content (AvgIpc) is 2.83. The van der Waals surface area contributed by atoms with Crippen LogP contribution in [0.5, 0.6) is 5.75 Å². The summed E-state index contributed by atoms with van der Waals surface area (Å²) in [6, 6.07) is 16.1. The minimum atomic E-state index is 0.111. The molecule has 2 aromatic carbocycles. The standard InChI is InChI=1S/C17H16O2/c1-12(18)15-8-5-9-16-17(15)14(11-19-16)10-13-6-3-2-4-7-13/h2-9,14H,10-11H2,1H3/t14-/m1/s1. The summed E-state index contributed by atoms with van der Waals surface area (Å²) in [4.78, 5) is 11.7. The lowest BCUT2D eigenvalue weighted by molar-refractivity contribution is 0.101. The highest BCUT2D eigenvalue weighted by atomic mass is 16.5. The average molecular weight is 252 g/mol. The van der Waals surface area contributed by atoms with Crippen LogP contribution in [0, 0.1) is 0 Å². The molecule has 0 saturated heterocycles. The first kappa shape index (κ1) is 12.0. The van der Waals surface area contributed by atoms with Crippen LogP contribution in [0.25, 0.3) is 0 Å². The van der Waals surface area contributed by atoms with E-state index in [1.165, 1.54) is 5.56 Å². The maximum absolute atomic E-state index is 11.7. The molecule has 0 spiro atoms. The number of fused-ring (bicyclic) bond motifs is 1. The fourth-order valence-corrected chi connectivity index (χ4v) is 2.73. The zero-order chi connectivity index (χ0) is 13.2. The SMILES string of the molecule is CC(=O)c1cccc2c1[C@H](Cc1ccccc1)CO2. The number of carbonyl (C=O) groups is 1. The summed E-state index contributed by atoms with van der Waals surface area (Å²) in [6.07, 6.45) is 0.915.